The summed E-state index contributed by atoms with van der Waals surface area (Å²) in [6.07, 6.45) is 3.93. The van der Waals surface area contributed by atoms with Crippen LogP contribution in [-0.4, -0.2) is 33.4 Å². The Morgan fingerprint density at radius 1 is 1.08 bits per heavy atom. The summed E-state index contributed by atoms with van der Waals surface area (Å²) < 4.78 is 2.23. The van der Waals surface area contributed by atoms with Crippen molar-refractivity contribution in [3.05, 3.63) is 65.4 Å². The molecule has 3 aromatic rings. The highest BCUT2D eigenvalue weighted by Gasteiger charge is 2.25. The van der Waals surface area contributed by atoms with Crippen LogP contribution >= 0.6 is 11.6 Å². The molecule has 4 nitrogen and oxygen atoms in total. The summed E-state index contributed by atoms with van der Waals surface area (Å²) in [5.74, 6) is 0.602. The van der Waals surface area contributed by atoms with Gasteiger partial charge in [-0.15, -0.1) is 0 Å². The maximum absolute atomic E-state index is 12.6. The number of likely N-dealkylation sites (tertiary alicyclic amines) is 1. The molecule has 1 aliphatic rings. The minimum Gasteiger partial charge on any atom is -0.339 e. The van der Waals surface area contributed by atoms with Gasteiger partial charge < -0.3 is 9.47 Å². The number of amides is 1. The lowest BCUT2D eigenvalue weighted by Crippen LogP contribution is -2.39. The normalized spacial score (nSPS) is 15.6. The minimum atomic E-state index is 0.0390. The Hall–Kier alpha value is -2.33. The Labute approximate surface area is 152 Å². The lowest BCUT2D eigenvalue weighted by molar-refractivity contribution is 0.0683. The van der Waals surface area contributed by atoms with Crippen LogP contribution in [0, 0.1) is 5.92 Å². The molecule has 1 aromatic heterocycles. The van der Waals surface area contributed by atoms with Gasteiger partial charge in [-0.25, -0.2) is 4.98 Å². The van der Waals surface area contributed by atoms with Gasteiger partial charge >= 0.3 is 0 Å². The Kier molecular flexibility index (Phi) is 4.45. The van der Waals surface area contributed by atoms with Crippen molar-refractivity contribution in [1.29, 1.82) is 0 Å². The van der Waals surface area contributed by atoms with Gasteiger partial charge in [0.25, 0.3) is 5.91 Å². The number of benzene rings is 2. The fourth-order valence-electron chi connectivity index (χ4n) is 3.56. The number of hydrogen-bond acceptors (Lipinski definition) is 2. The maximum Gasteiger partial charge on any atom is 0.255 e. The maximum atomic E-state index is 12.6. The number of piperidine rings is 1. The molecule has 2 heterocycles. The summed E-state index contributed by atoms with van der Waals surface area (Å²) in [6.45, 7) is 2.51. The van der Waals surface area contributed by atoms with E-state index in [2.05, 4.69) is 15.6 Å². The molecular formula is C20H20ClN3O. The van der Waals surface area contributed by atoms with E-state index >= 15 is 0 Å². The van der Waals surface area contributed by atoms with Gasteiger partial charge in [0, 0.05) is 19.6 Å². The van der Waals surface area contributed by atoms with Crippen LogP contribution in [-0.2, 0) is 6.54 Å². The molecule has 0 bridgehead atoms. The van der Waals surface area contributed by atoms with E-state index in [1.54, 1.807) is 12.1 Å². The van der Waals surface area contributed by atoms with E-state index in [9.17, 15) is 4.79 Å². The zero-order valence-electron chi connectivity index (χ0n) is 13.9. The number of carbonyl (C=O) groups is 1. The lowest BCUT2D eigenvalue weighted by atomic mass is 9.96. The van der Waals surface area contributed by atoms with Gasteiger partial charge in [-0.3, -0.25) is 4.79 Å². The summed E-state index contributed by atoms with van der Waals surface area (Å²) in [4.78, 5) is 19.0. The molecule has 4 rings (SSSR count). The predicted molar refractivity (Wildman–Crippen MR) is 99.8 cm³/mol. The number of para-hydroxylation sites is 2. The SMILES string of the molecule is O=C(c1ccccc1Cl)N1CCC(Cn2cnc3ccccc32)CC1. The molecule has 0 aliphatic carbocycles. The van der Waals surface area contributed by atoms with E-state index in [4.69, 9.17) is 11.6 Å². The number of nitrogens with zero attached hydrogens (tertiary/aromatic N) is 3. The monoisotopic (exact) mass is 353 g/mol. The number of rotatable bonds is 3. The molecule has 0 unspecified atom stereocenters. The lowest BCUT2D eigenvalue weighted by Gasteiger charge is -2.32. The van der Waals surface area contributed by atoms with Gasteiger partial charge in [0.15, 0.2) is 0 Å². The van der Waals surface area contributed by atoms with Crippen molar-refractivity contribution in [2.24, 2.45) is 5.92 Å². The van der Waals surface area contributed by atoms with Crippen LogP contribution < -0.4 is 0 Å². The summed E-state index contributed by atoms with van der Waals surface area (Å²) in [5, 5.41) is 0.527. The third kappa shape index (κ3) is 3.27. The number of fused-ring (bicyclic) bond motifs is 1. The molecule has 1 amide bonds. The zero-order valence-corrected chi connectivity index (χ0v) is 14.7. The quantitative estimate of drug-likeness (QED) is 0.706. The molecule has 128 valence electrons. The van der Waals surface area contributed by atoms with Gasteiger partial charge in [0.05, 0.1) is 27.9 Å². The molecule has 0 N–H and O–H groups in total. The largest absolute Gasteiger partial charge is 0.339 e. The van der Waals surface area contributed by atoms with Crippen LogP contribution in [0.3, 0.4) is 0 Å². The Morgan fingerprint density at radius 2 is 1.80 bits per heavy atom. The molecular weight excluding hydrogens is 334 g/mol. The molecule has 0 radical (unpaired) electrons. The van der Waals surface area contributed by atoms with Crippen molar-refractivity contribution in [3.63, 3.8) is 0 Å². The highest BCUT2D eigenvalue weighted by Crippen LogP contribution is 2.24. The number of hydrogen-bond donors (Lipinski definition) is 0. The first-order chi connectivity index (χ1) is 12.2. The van der Waals surface area contributed by atoms with Crippen LogP contribution in [0.4, 0.5) is 0 Å². The molecule has 0 saturated carbocycles. The smallest absolute Gasteiger partial charge is 0.255 e. The van der Waals surface area contributed by atoms with Crippen molar-refractivity contribution in [2.75, 3.05) is 13.1 Å². The highest BCUT2D eigenvalue weighted by molar-refractivity contribution is 6.33. The van der Waals surface area contributed by atoms with Crippen LogP contribution in [0.5, 0.6) is 0 Å². The third-order valence-corrected chi connectivity index (χ3v) is 5.32. The second kappa shape index (κ2) is 6.89. The molecule has 1 fully saturated rings. The third-order valence-electron chi connectivity index (χ3n) is 4.99. The second-order valence-electron chi connectivity index (χ2n) is 6.60. The number of aromatic nitrogens is 2. The fourth-order valence-corrected chi connectivity index (χ4v) is 3.77. The molecule has 0 atom stereocenters. The van der Waals surface area contributed by atoms with E-state index in [-0.39, 0.29) is 5.91 Å². The second-order valence-corrected chi connectivity index (χ2v) is 7.01. The van der Waals surface area contributed by atoms with Crippen LogP contribution in [0.2, 0.25) is 5.02 Å². The van der Waals surface area contributed by atoms with Crippen molar-refractivity contribution in [2.45, 2.75) is 19.4 Å². The first-order valence-electron chi connectivity index (χ1n) is 8.66. The van der Waals surface area contributed by atoms with Crippen LogP contribution in [0.1, 0.15) is 23.2 Å². The van der Waals surface area contributed by atoms with Gasteiger partial charge in [0.1, 0.15) is 0 Å². The molecule has 5 heteroatoms. The summed E-state index contributed by atoms with van der Waals surface area (Å²) in [6, 6.07) is 15.5. The van der Waals surface area contributed by atoms with Crippen molar-refractivity contribution < 1.29 is 4.79 Å². The number of imidazole rings is 1. The summed E-state index contributed by atoms with van der Waals surface area (Å²) in [7, 11) is 0. The topological polar surface area (TPSA) is 38.1 Å². The van der Waals surface area contributed by atoms with Gasteiger partial charge in [-0.1, -0.05) is 35.9 Å². The van der Waals surface area contributed by atoms with E-state index in [1.165, 1.54) is 5.52 Å². The molecule has 0 spiro atoms. The average molecular weight is 354 g/mol. The first-order valence-corrected chi connectivity index (χ1v) is 9.04. The standard InChI is InChI=1S/C20H20ClN3O/c21-17-6-2-1-5-16(17)20(25)23-11-9-15(10-12-23)13-24-14-22-18-7-3-4-8-19(18)24/h1-8,14-15H,9-13H2. The van der Waals surface area contributed by atoms with Crippen molar-refractivity contribution >= 4 is 28.5 Å². The predicted octanol–water partition coefficient (Wildman–Crippen LogP) is 4.24. The van der Waals surface area contributed by atoms with E-state index < -0.39 is 0 Å². The first kappa shape index (κ1) is 16.2. The number of carbonyl (C=O) groups excluding carboxylic acids is 1. The Morgan fingerprint density at radius 3 is 2.60 bits per heavy atom. The van der Waals surface area contributed by atoms with Crippen LogP contribution in [0.15, 0.2) is 54.9 Å². The summed E-state index contributed by atoms with van der Waals surface area (Å²) >= 11 is 6.16. The Bertz CT molecular complexity index is 897. The summed E-state index contributed by atoms with van der Waals surface area (Å²) in [5.41, 5.74) is 2.81. The van der Waals surface area contributed by atoms with Gasteiger partial charge in [-0.2, -0.15) is 0 Å². The van der Waals surface area contributed by atoms with Crippen LogP contribution in [0.25, 0.3) is 11.0 Å². The van der Waals surface area contributed by atoms with Crippen molar-refractivity contribution in [1.82, 2.24) is 14.5 Å². The molecule has 1 saturated heterocycles. The zero-order chi connectivity index (χ0) is 17.2. The van der Waals surface area contributed by atoms with Gasteiger partial charge in [0.2, 0.25) is 0 Å². The minimum absolute atomic E-state index is 0.0390. The van der Waals surface area contributed by atoms with Gasteiger partial charge in [-0.05, 0) is 43.0 Å². The molecule has 1 aliphatic heterocycles. The van der Waals surface area contributed by atoms with Crippen molar-refractivity contribution in [3.8, 4) is 0 Å². The van der Waals surface area contributed by atoms with E-state index in [0.29, 0.717) is 16.5 Å². The Balaban J connectivity index is 1.40. The average Bonchev–Trinajstić information content (AvgIpc) is 3.05. The van der Waals surface area contributed by atoms with E-state index in [1.807, 2.05) is 41.6 Å². The molecule has 25 heavy (non-hydrogen) atoms. The fraction of sp³-hybridized carbons (Fsp3) is 0.300. The molecule has 2 aromatic carbocycles. The van der Waals surface area contributed by atoms with E-state index in [0.717, 1.165) is 38.0 Å². The number of halogens is 1. The highest BCUT2D eigenvalue weighted by atomic mass is 35.5.